The Labute approximate surface area is 182 Å². The Kier molecular flexibility index (Phi) is 8.10. The van der Waals surface area contributed by atoms with Gasteiger partial charge in [0.1, 0.15) is 5.25 Å². The highest BCUT2D eigenvalue weighted by Gasteiger charge is 2.22. The summed E-state index contributed by atoms with van der Waals surface area (Å²) in [4.78, 5) is 26.1. The molecule has 3 aromatic carbocycles. The lowest BCUT2D eigenvalue weighted by molar-refractivity contribution is -0.116. The molecular formula is C25H26N2O2S. The Balaban J connectivity index is 1.77. The van der Waals surface area contributed by atoms with E-state index >= 15 is 0 Å². The number of carbonyl (C=O) groups excluding carboxylic acids is 2. The number of thioether (sulfide) groups is 1. The van der Waals surface area contributed by atoms with Crippen LogP contribution in [0, 0.1) is 0 Å². The molecule has 0 aliphatic heterocycles. The molecule has 30 heavy (non-hydrogen) atoms. The molecule has 0 spiro atoms. The highest BCUT2D eigenvalue weighted by Crippen LogP contribution is 2.37. The van der Waals surface area contributed by atoms with Gasteiger partial charge < -0.3 is 10.6 Å². The van der Waals surface area contributed by atoms with Gasteiger partial charge >= 0.3 is 0 Å². The van der Waals surface area contributed by atoms with E-state index in [1.54, 1.807) is 0 Å². The zero-order valence-corrected chi connectivity index (χ0v) is 17.8. The van der Waals surface area contributed by atoms with Crippen LogP contribution in [0.3, 0.4) is 0 Å². The van der Waals surface area contributed by atoms with Crippen molar-refractivity contribution in [2.45, 2.75) is 36.3 Å². The van der Waals surface area contributed by atoms with E-state index in [2.05, 4.69) is 17.6 Å². The average Bonchev–Trinajstić information content (AvgIpc) is 2.77. The van der Waals surface area contributed by atoms with Crippen LogP contribution in [0.15, 0.2) is 89.8 Å². The highest BCUT2D eigenvalue weighted by atomic mass is 32.2. The standard InChI is InChI=1S/C25H26N2O2S/c1-2-3-17-23(28)26-21-15-10-16-22(18-21)30-24(19-11-6-4-7-12-19)25(29)27-20-13-8-5-9-14-20/h4-16,18,24H,2-3,17H2,1H3,(H,26,28)(H,27,29). The molecule has 0 aliphatic carbocycles. The zero-order valence-electron chi connectivity index (χ0n) is 17.0. The second kappa shape index (κ2) is 11.2. The Bertz CT molecular complexity index is 961. The van der Waals surface area contributed by atoms with Crippen molar-refractivity contribution in [2.24, 2.45) is 0 Å². The number of para-hydroxylation sites is 1. The first-order valence-corrected chi connectivity index (χ1v) is 11.0. The predicted octanol–water partition coefficient (Wildman–Crippen LogP) is 6.29. The van der Waals surface area contributed by atoms with Gasteiger partial charge in [0.25, 0.3) is 0 Å². The minimum Gasteiger partial charge on any atom is -0.326 e. The Morgan fingerprint density at radius 1 is 0.833 bits per heavy atom. The summed E-state index contributed by atoms with van der Waals surface area (Å²) in [6.07, 6.45) is 2.37. The van der Waals surface area contributed by atoms with E-state index in [0.29, 0.717) is 6.42 Å². The number of unbranched alkanes of at least 4 members (excludes halogenated alkanes) is 1. The summed E-state index contributed by atoms with van der Waals surface area (Å²) >= 11 is 1.46. The lowest BCUT2D eigenvalue weighted by Gasteiger charge is -2.17. The lowest BCUT2D eigenvalue weighted by Crippen LogP contribution is -2.19. The fourth-order valence-electron chi connectivity index (χ4n) is 2.97. The summed E-state index contributed by atoms with van der Waals surface area (Å²) in [6, 6.07) is 26.8. The molecule has 5 heteroatoms. The maximum Gasteiger partial charge on any atom is 0.242 e. The molecule has 0 saturated heterocycles. The van der Waals surface area contributed by atoms with Crippen molar-refractivity contribution < 1.29 is 9.59 Å². The Hall–Kier alpha value is -3.05. The van der Waals surface area contributed by atoms with Crippen molar-refractivity contribution in [1.29, 1.82) is 0 Å². The number of anilines is 2. The van der Waals surface area contributed by atoms with Gasteiger partial charge in [-0.3, -0.25) is 9.59 Å². The van der Waals surface area contributed by atoms with Crippen LogP contribution in [-0.4, -0.2) is 11.8 Å². The van der Waals surface area contributed by atoms with Crippen LogP contribution in [0.25, 0.3) is 0 Å². The van der Waals surface area contributed by atoms with Crippen LogP contribution in [0.2, 0.25) is 0 Å². The van der Waals surface area contributed by atoms with Crippen LogP contribution in [0.4, 0.5) is 11.4 Å². The number of nitrogens with one attached hydrogen (secondary N) is 2. The van der Waals surface area contributed by atoms with Gasteiger partial charge in [-0.05, 0) is 42.3 Å². The maximum absolute atomic E-state index is 13.1. The third-order valence-electron chi connectivity index (χ3n) is 4.51. The molecular weight excluding hydrogens is 392 g/mol. The first-order valence-electron chi connectivity index (χ1n) is 10.1. The molecule has 0 saturated carbocycles. The number of carbonyl (C=O) groups is 2. The van der Waals surface area contributed by atoms with Crippen molar-refractivity contribution in [3.63, 3.8) is 0 Å². The highest BCUT2D eigenvalue weighted by molar-refractivity contribution is 8.00. The molecule has 1 unspecified atom stereocenters. The quantitative estimate of drug-likeness (QED) is 0.402. The molecule has 1 atom stereocenters. The van der Waals surface area contributed by atoms with E-state index in [4.69, 9.17) is 0 Å². The summed E-state index contributed by atoms with van der Waals surface area (Å²) < 4.78 is 0. The molecule has 4 nitrogen and oxygen atoms in total. The topological polar surface area (TPSA) is 58.2 Å². The third kappa shape index (κ3) is 6.49. The SMILES string of the molecule is CCCCC(=O)Nc1cccc(SC(C(=O)Nc2ccccc2)c2ccccc2)c1. The summed E-state index contributed by atoms with van der Waals surface area (Å²) in [5.74, 6) is -0.0739. The molecule has 0 aromatic heterocycles. The second-order valence-electron chi connectivity index (χ2n) is 6.94. The first kappa shape index (κ1) is 21.7. The fraction of sp³-hybridized carbons (Fsp3) is 0.200. The molecule has 2 amide bonds. The molecule has 2 N–H and O–H groups in total. The van der Waals surface area contributed by atoms with E-state index in [1.807, 2.05) is 84.9 Å². The zero-order chi connectivity index (χ0) is 21.2. The van der Waals surface area contributed by atoms with E-state index < -0.39 is 5.25 Å². The summed E-state index contributed by atoms with van der Waals surface area (Å²) in [5.41, 5.74) is 2.44. The van der Waals surface area contributed by atoms with Crippen molar-refractivity contribution in [2.75, 3.05) is 10.6 Å². The van der Waals surface area contributed by atoms with Gasteiger partial charge in [-0.2, -0.15) is 0 Å². The van der Waals surface area contributed by atoms with E-state index in [9.17, 15) is 9.59 Å². The number of amides is 2. The third-order valence-corrected chi connectivity index (χ3v) is 5.76. The largest absolute Gasteiger partial charge is 0.326 e. The van der Waals surface area contributed by atoms with Gasteiger partial charge in [0.05, 0.1) is 0 Å². The molecule has 154 valence electrons. The lowest BCUT2D eigenvalue weighted by atomic mass is 10.1. The van der Waals surface area contributed by atoms with E-state index in [-0.39, 0.29) is 11.8 Å². The number of rotatable bonds is 9. The molecule has 0 radical (unpaired) electrons. The van der Waals surface area contributed by atoms with E-state index in [0.717, 1.165) is 34.7 Å². The van der Waals surface area contributed by atoms with Crippen molar-refractivity contribution in [3.05, 3.63) is 90.5 Å². The number of hydrogen-bond donors (Lipinski definition) is 2. The number of hydrogen-bond acceptors (Lipinski definition) is 3. The van der Waals surface area contributed by atoms with Crippen molar-refractivity contribution in [3.8, 4) is 0 Å². The van der Waals surface area contributed by atoms with Crippen LogP contribution in [0.1, 0.15) is 37.0 Å². The molecule has 0 heterocycles. The molecule has 0 fully saturated rings. The van der Waals surface area contributed by atoms with Crippen molar-refractivity contribution in [1.82, 2.24) is 0 Å². The summed E-state index contributed by atoms with van der Waals surface area (Å²) in [5, 5.41) is 5.53. The van der Waals surface area contributed by atoms with Crippen molar-refractivity contribution >= 4 is 35.0 Å². The van der Waals surface area contributed by atoms with Gasteiger partial charge in [-0.15, -0.1) is 11.8 Å². The molecule has 3 rings (SSSR count). The molecule has 0 bridgehead atoms. The Morgan fingerprint density at radius 3 is 2.20 bits per heavy atom. The Morgan fingerprint density at radius 2 is 1.50 bits per heavy atom. The van der Waals surface area contributed by atoms with Gasteiger partial charge in [0, 0.05) is 22.7 Å². The smallest absolute Gasteiger partial charge is 0.242 e. The van der Waals surface area contributed by atoms with Crippen LogP contribution < -0.4 is 10.6 Å². The fourth-order valence-corrected chi connectivity index (χ4v) is 4.06. The summed E-state index contributed by atoms with van der Waals surface area (Å²) in [6.45, 7) is 2.06. The maximum atomic E-state index is 13.1. The van der Waals surface area contributed by atoms with Crippen LogP contribution in [0.5, 0.6) is 0 Å². The van der Waals surface area contributed by atoms with Gasteiger partial charge in [-0.25, -0.2) is 0 Å². The summed E-state index contributed by atoms with van der Waals surface area (Å²) in [7, 11) is 0. The first-order chi connectivity index (χ1) is 14.7. The van der Waals surface area contributed by atoms with Crippen LogP contribution in [-0.2, 0) is 9.59 Å². The monoisotopic (exact) mass is 418 g/mol. The van der Waals surface area contributed by atoms with Crippen LogP contribution >= 0.6 is 11.8 Å². The second-order valence-corrected chi connectivity index (χ2v) is 8.12. The number of benzene rings is 3. The predicted molar refractivity (Wildman–Crippen MR) is 125 cm³/mol. The van der Waals surface area contributed by atoms with Gasteiger partial charge in [0.2, 0.25) is 11.8 Å². The average molecular weight is 419 g/mol. The minimum atomic E-state index is -0.419. The molecule has 0 aliphatic rings. The van der Waals surface area contributed by atoms with Gasteiger partial charge in [-0.1, -0.05) is 67.9 Å². The van der Waals surface area contributed by atoms with Gasteiger partial charge in [0.15, 0.2) is 0 Å². The minimum absolute atomic E-state index is 0.0143. The normalized spacial score (nSPS) is 11.5. The molecule has 3 aromatic rings. The van der Waals surface area contributed by atoms with E-state index in [1.165, 1.54) is 11.8 Å².